The molecule has 2 rings (SSSR count). The average Bonchev–Trinajstić information content (AvgIpc) is 2.18. The van der Waals surface area contributed by atoms with Gasteiger partial charge in [0.05, 0.1) is 16.0 Å². The van der Waals surface area contributed by atoms with E-state index in [0.717, 1.165) is 10.3 Å². The summed E-state index contributed by atoms with van der Waals surface area (Å²) in [5.41, 5.74) is 0. The van der Waals surface area contributed by atoms with Crippen molar-refractivity contribution < 1.29 is 8.42 Å². The molecule has 1 aliphatic heterocycles. The minimum Gasteiger partial charge on any atom is -0.351 e. The van der Waals surface area contributed by atoms with Crippen molar-refractivity contribution in [2.75, 3.05) is 23.0 Å². The van der Waals surface area contributed by atoms with E-state index >= 15 is 0 Å². The summed E-state index contributed by atoms with van der Waals surface area (Å²) in [5.74, 6) is 1.13. The summed E-state index contributed by atoms with van der Waals surface area (Å²) < 4.78 is 23.7. The molecule has 2 heterocycles. The zero-order valence-electron chi connectivity index (χ0n) is 8.80. The van der Waals surface area contributed by atoms with Crippen molar-refractivity contribution in [3.63, 3.8) is 0 Å². The van der Waals surface area contributed by atoms with Crippen LogP contribution in [0.2, 0.25) is 0 Å². The van der Waals surface area contributed by atoms with Gasteiger partial charge in [0.25, 0.3) is 0 Å². The minimum absolute atomic E-state index is 0.0510. The van der Waals surface area contributed by atoms with Gasteiger partial charge in [-0.3, -0.25) is 0 Å². The second kappa shape index (κ2) is 4.29. The molecule has 0 aliphatic carbocycles. The fraction of sp³-hybridized carbons (Fsp3) is 0.556. The van der Waals surface area contributed by atoms with Gasteiger partial charge in [-0.15, -0.1) is 0 Å². The van der Waals surface area contributed by atoms with Crippen LogP contribution in [-0.4, -0.2) is 42.5 Å². The molecular weight excluding hydrogens is 294 g/mol. The van der Waals surface area contributed by atoms with Gasteiger partial charge >= 0.3 is 0 Å². The Kier molecular flexibility index (Phi) is 3.16. The van der Waals surface area contributed by atoms with Crippen LogP contribution in [0, 0.1) is 0 Å². The molecule has 0 spiro atoms. The molecule has 0 aromatic carbocycles. The van der Waals surface area contributed by atoms with E-state index in [4.69, 9.17) is 0 Å². The monoisotopic (exact) mass is 305 g/mol. The Morgan fingerprint density at radius 3 is 2.94 bits per heavy atom. The average molecular weight is 306 g/mol. The molecule has 1 saturated heterocycles. The highest BCUT2D eigenvalue weighted by Gasteiger charge is 2.29. The number of hydrogen-bond acceptors (Lipinski definition) is 5. The van der Waals surface area contributed by atoms with Crippen molar-refractivity contribution in [3.05, 3.63) is 17.0 Å². The largest absolute Gasteiger partial charge is 0.351 e. The number of sulfone groups is 1. The lowest BCUT2D eigenvalue weighted by Gasteiger charge is -2.34. The SMILES string of the molecule is CC1CS(=O)(=O)CCN1c1ncncc1Br. The van der Waals surface area contributed by atoms with E-state index in [0.29, 0.717) is 6.54 Å². The summed E-state index contributed by atoms with van der Waals surface area (Å²) in [6.45, 7) is 2.38. The number of anilines is 1. The van der Waals surface area contributed by atoms with Gasteiger partial charge in [-0.2, -0.15) is 0 Å². The second-order valence-corrected chi connectivity index (χ2v) is 6.93. The predicted molar refractivity (Wildman–Crippen MR) is 65.2 cm³/mol. The van der Waals surface area contributed by atoms with Gasteiger partial charge in [-0.05, 0) is 22.9 Å². The smallest absolute Gasteiger partial charge is 0.154 e. The lowest BCUT2D eigenvalue weighted by Crippen LogP contribution is -2.47. The molecule has 7 heteroatoms. The number of hydrogen-bond donors (Lipinski definition) is 0. The van der Waals surface area contributed by atoms with Crippen LogP contribution in [-0.2, 0) is 9.84 Å². The van der Waals surface area contributed by atoms with E-state index in [2.05, 4.69) is 25.9 Å². The zero-order chi connectivity index (χ0) is 11.8. The number of rotatable bonds is 1. The Morgan fingerprint density at radius 2 is 2.31 bits per heavy atom. The summed E-state index contributed by atoms with van der Waals surface area (Å²) in [7, 11) is -2.89. The predicted octanol–water partition coefficient (Wildman–Crippen LogP) is 0.862. The third-order valence-electron chi connectivity index (χ3n) is 2.59. The van der Waals surface area contributed by atoms with Gasteiger partial charge in [0.2, 0.25) is 0 Å². The van der Waals surface area contributed by atoms with Crippen LogP contribution >= 0.6 is 15.9 Å². The van der Waals surface area contributed by atoms with Gasteiger partial charge in [0.1, 0.15) is 12.1 Å². The number of nitrogens with zero attached hydrogens (tertiary/aromatic N) is 3. The summed E-state index contributed by atoms with van der Waals surface area (Å²) >= 11 is 3.37. The van der Waals surface area contributed by atoms with Crippen LogP contribution < -0.4 is 4.90 Å². The van der Waals surface area contributed by atoms with Crippen LogP contribution in [0.5, 0.6) is 0 Å². The molecule has 0 saturated carbocycles. The molecule has 0 amide bonds. The normalized spacial score (nSPS) is 24.4. The maximum Gasteiger partial charge on any atom is 0.154 e. The Labute approximate surface area is 103 Å². The molecular formula is C9H12BrN3O2S. The van der Waals surface area contributed by atoms with E-state index in [1.54, 1.807) is 6.20 Å². The van der Waals surface area contributed by atoms with Gasteiger partial charge in [-0.1, -0.05) is 0 Å². The van der Waals surface area contributed by atoms with Crippen molar-refractivity contribution in [3.8, 4) is 0 Å². The number of halogens is 1. The van der Waals surface area contributed by atoms with Crippen LogP contribution in [0.1, 0.15) is 6.92 Å². The molecule has 0 N–H and O–H groups in total. The molecule has 1 aliphatic rings. The Balaban J connectivity index is 2.27. The molecule has 1 aromatic heterocycles. The van der Waals surface area contributed by atoms with Gasteiger partial charge in [0, 0.05) is 18.8 Å². The highest BCUT2D eigenvalue weighted by atomic mass is 79.9. The van der Waals surface area contributed by atoms with E-state index < -0.39 is 9.84 Å². The topological polar surface area (TPSA) is 63.2 Å². The highest BCUT2D eigenvalue weighted by Crippen LogP contribution is 2.26. The first-order valence-electron chi connectivity index (χ1n) is 4.92. The summed E-state index contributed by atoms with van der Waals surface area (Å²) in [6.07, 6.45) is 3.13. The molecule has 88 valence electrons. The molecule has 1 atom stereocenters. The molecule has 0 bridgehead atoms. The molecule has 5 nitrogen and oxygen atoms in total. The van der Waals surface area contributed by atoms with Crippen LogP contribution in [0.15, 0.2) is 17.0 Å². The maximum atomic E-state index is 11.5. The standard InChI is InChI=1S/C9H12BrN3O2S/c1-7-5-16(14,15)3-2-13(7)9-8(10)4-11-6-12-9/h4,6-7H,2-3,5H2,1H3. The Hall–Kier alpha value is -0.690. The maximum absolute atomic E-state index is 11.5. The molecule has 1 unspecified atom stereocenters. The fourth-order valence-corrected chi connectivity index (χ4v) is 3.84. The summed E-state index contributed by atoms with van der Waals surface area (Å²) in [6, 6.07) is -0.0510. The Morgan fingerprint density at radius 1 is 1.56 bits per heavy atom. The first-order valence-corrected chi connectivity index (χ1v) is 7.53. The summed E-state index contributed by atoms with van der Waals surface area (Å²) in [4.78, 5) is 10.1. The minimum atomic E-state index is -2.89. The van der Waals surface area contributed by atoms with E-state index in [1.807, 2.05) is 11.8 Å². The van der Waals surface area contributed by atoms with E-state index in [9.17, 15) is 8.42 Å². The van der Waals surface area contributed by atoms with Crippen molar-refractivity contribution in [1.82, 2.24) is 9.97 Å². The molecule has 1 fully saturated rings. The Bertz CT molecular complexity index is 491. The van der Waals surface area contributed by atoms with Gasteiger partial charge in [-0.25, -0.2) is 18.4 Å². The summed E-state index contributed by atoms with van der Waals surface area (Å²) in [5, 5.41) is 0. The van der Waals surface area contributed by atoms with E-state index in [-0.39, 0.29) is 17.5 Å². The van der Waals surface area contributed by atoms with E-state index in [1.165, 1.54) is 6.33 Å². The third kappa shape index (κ3) is 2.35. The van der Waals surface area contributed by atoms with Crippen molar-refractivity contribution in [2.45, 2.75) is 13.0 Å². The number of aromatic nitrogens is 2. The van der Waals surface area contributed by atoms with Crippen molar-refractivity contribution in [2.24, 2.45) is 0 Å². The highest BCUT2D eigenvalue weighted by molar-refractivity contribution is 9.10. The lowest BCUT2D eigenvalue weighted by molar-refractivity contribution is 0.566. The first-order chi connectivity index (χ1) is 7.49. The quantitative estimate of drug-likeness (QED) is 0.770. The van der Waals surface area contributed by atoms with Gasteiger partial charge < -0.3 is 4.90 Å². The van der Waals surface area contributed by atoms with Crippen LogP contribution in [0.4, 0.5) is 5.82 Å². The third-order valence-corrected chi connectivity index (χ3v) is 4.94. The second-order valence-electron chi connectivity index (χ2n) is 3.85. The zero-order valence-corrected chi connectivity index (χ0v) is 11.2. The molecule has 0 radical (unpaired) electrons. The first kappa shape index (κ1) is 11.8. The van der Waals surface area contributed by atoms with Crippen molar-refractivity contribution >= 4 is 31.6 Å². The molecule has 1 aromatic rings. The molecule has 16 heavy (non-hydrogen) atoms. The fourth-order valence-electron chi connectivity index (χ4n) is 1.83. The van der Waals surface area contributed by atoms with Crippen LogP contribution in [0.3, 0.4) is 0 Å². The van der Waals surface area contributed by atoms with Crippen molar-refractivity contribution in [1.29, 1.82) is 0 Å². The lowest BCUT2D eigenvalue weighted by atomic mass is 10.3. The van der Waals surface area contributed by atoms with Gasteiger partial charge in [0.15, 0.2) is 9.84 Å². The van der Waals surface area contributed by atoms with Crippen LogP contribution in [0.25, 0.3) is 0 Å².